The van der Waals surface area contributed by atoms with E-state index >= 15 is 0 Å². The van der Waals surface area contributed by atoms with Crippen LogP contribution in [0.4, 0.5) is 0 Å². The third kappa shape index (κ3) is 1.96. The molecule has 1 N–H and O–H groups in total. The molecule has 0 aromatic rings. The van der Waals surface area contributed by atoms with Crippen molar-refractivity contribution in [2.45, 2.75) is 39.3 Å². The Morgan fingerprint density at radius 1 is 1.50 bits per heavy atom. The number of carbonyl (C=O) groups excluding carboxylic acids is 1. The van der Waals surface area contributed by atoms with Crippen LogP contribution in [-0.4, -0.2) is 34.0 Å². The summed E-state index contributed by atoms with van der Waals surface area (Å²) in [7, 11) is 0. The number of amides is 1. The summed E-state index contributed by atoms with van der Waals surface area (Å²) in [5.74, 6) is -0.997. The molecular formula is C8H15NO3. The molecule has 12 heavy (non-hydrogen) atoms. The van der Waals surface area contributed by atoms with E-state index in [4.69, 9.17) is 5.11 Å². The van der Waals surface area contributed by atoms with Gasteiger partial charge in [0.25, 0.3) is 0 Å². The Morgan fingerprint density at radius 3 is 2.00 bits per heavy atom. The molecule has 1 amide bonds. The second-order valence-corrected chi connectivity index (χ2v) is 3.47. The van der Waals surface area contributed by atoms with Gasteiger partial charge in [-0.25, -0.2) is 4.79 Å². The number of hydrogen-bond acceptors (Lipinski definition) is 2. The Morgan fingerprint density at radius 2 is 1.92 bits per heavy atom. The monoisotopic (exact) mass is 173 g/mol. The minimum Gasteiger partial charge on any atom is -0.480 e. The summed E-state index contributed by atoms with van der Waals surface area (Å²) in [4.78, 5) is 22.6. The first kappa shape index (κ1) is 10.9. The third-order valence-electron chi connectivity index (χ3n) is 1.84. The molecule has 0 aromatic heterocycles. The fourth-order valence-corrected chi connectivity index (χ4v) is 1.01. The van der Waals surface area contributed by atoms with Gasteiger partial charge in [-0.15, -0.1) is 0 Å². The number of rotatable bonds is 4. The predicted octanol–water partition coefficient (Wildman–Crippen LogP) is 0.716. The molecule has 0 spiro atoms. The van der Waals surface area contributed by atoms with Gasteiger partial charge < -0.3 is 10.0 Å². The van der Waals surface area contributed by atoms with Gasteiger partial charge in [-0.3, -0.25) is 4.79 Å². The second-order valence-electron chi connectivity index (χ2n) is 3.47. The Kier molecular flexibility index (Phi) is 3.24. The third-order valence-corrected chi connectivity index (χ3v) is 1.84. The maximum Gasteiger partial charge on any atom is 0.329 e. The van der Waals surface area contributed by atoms with Crippen LogP contribution < -0.4 is 0 Å². The minimum absolute atomic E-state index is 0.103. The van der Waals surface area contributed by atoms with Crippen LogP contribution in [0, 0.1) is 0 Å². The number of carboxylic acid groups (broad SMARTS) is 1. The summed E-state index contributed by atoms with van der Waals surface area (Å²) in [6.45, 7) is 6.56. The fraction of sp³-hybridized carbons (Fsp3) is 0.750. The van der Waals surface area contributed by atoms with E-state index in [-0.39, 0.29) is 6.04 Å². The number of nitrogens with zero attached hydrogens (tertiary/aromatic N) is 1. The van der Waals surface area contributed by atoms with Gasteiger partial charge >= 0.3 is 5.97 Å². The Balaban J connectivity index is 4.71. The summed E-state index contributed by atoms with van der Waals surface area (Å²) in [5.41, 5.74) is -1.13. The molecule has 0 atom stereocenters. The zero-order valence-corrected chi connectivity index (χ0v) is 7.87. The van der Waals surface area contributed by atoms with Crippen LogP contribution in [0.2, 0.25) is 0 Å². The van der Waals surface area contributed by atoms with Gasteiger partial charge in [0.05, 0.1) is 0 Å². The number of carbonyl (C=O) groups is 2. The van der Waals surface area contributed by atoms with Crippen LogP contribution in [0.1, 0.15) is 27.7 Å². The van der Waals surface area contributed by atoms with Gasteiger partial charge in [-0.2, -0.15) is 0 Å². The van der Waals surface area contributed by atoms with Crippen molar-refractivity contribution in [3.63, 3.8) is 0 Å². The molecule has 0 saturated carbocycles. The van der Waals surface area contributed by atoms with E-state index < -0.39 is 11.5 Å². The van der Waals surface area contributed by atoms with Crippen LogP contribution in [0.25, 0.3) is 0 Å². The smallest absolute Gasteiger partial charge is 0.329 e. The number of aliphatic carboxylic acids is 1. The van der Waals surface area contributed by atoms with Gasteiger partial charge in [-0.05, 0) is 27.7 Å². The van der Waals surface area contributed by atoms with Crippen molar-refractivity contribution >= 4 is 12.4 Å². The first-order valence-corrected chi connectivity index (χ1v) is 3.81. The summed E-state index contributed by atoms with van der Waals surface area (Å²) in [6.07, 6.45) is 0.568. The molecule has 0 aliphatic rings. The molecule has 0 aliphatic carbocycles. The second kappa shape index (κ2) is 3.56. The lowest BCUT2D eigenvalue weighted by molar-refractivity contribution is -0.154. The highest BCUT2D eigenvalue weighted by Crippen LogP contribution is 2.15. The van der Waals surface area contributed by atoms with Crippen molar-refractivity contribution < 1.29 is 14.7 Å². The quantitative estimate of drug-likeness (QED) is 0.637. The maximum absolute atomic E-state index is 10.7. The average Bonchev–Trinajstić information content (AvgIpc) is 1.86. The molecule has 0 rings (SSSR count). The normalized spacial score (nSPS) is 11.4. The summed E-state index contributed by atoms with van der Waals surface area (Å²) >= 11 is 0. The molecule has 70 valence electrons. The van der Waals surface area contributed by atoms with E-state index in [2.05, 4.69) is 0 Å². The van der Waals surface area contributed by atoms with Crippen LogP contribution in [0.3, 0.4) is 0 Å². The SMILES string of the molecule is CC(C)N(C=O)C(C)(C)C(=O)O. The van der Waals surface area contributed by atoms with E-state index in [1.165, 1.54) is 18.7 Å². The van der Waals surface area contributed by atoms with Gasteiger partial charge in [0.2, 0.25) is 6.41 Å². The fourth-order valence-electron chi connectivity index (χ4n) is 1.01. The van der Waals surface area contributed by atoms with Crippen LogP contribution in [-0.2, 0) is 9.59 Å². The molecule has 4 nitrogen and oxygen atoms in total. The summed E-state index contributed by atoms with van der Waals surface area (Å²) < 4.78 is 0. The largest absolute Gasteiger partial charge is 0.480 e. The highest BCUT2D eigenvalue weighted by molar-refractivity contribution is 5.80. The average molecular weight is 173 g/mol. The standard InChI is InChI=1S/C8H15NO3/c1-6(2)9(5-10)8(3,4)7(11)12/h5-6H,1-4H3,(H,11,12). The Labute approximate surface area is 72.2 Å². The van der Waals surface area contributed by atoms with Crippen LogP contribution >= 0.6 is 0 Å². The van der Waals surface area contributed by atoms with Crippen molar-refractivity contribution in [3.8, 4) is 0 Å². The van der Waals surface area contributed by atoms with Gasteiger partial charge in [0.1, 0.15) is 5.54 Å². The summed E-state index contributed by atoms with van der Waals surface area (Å²) in [6, 6.07) is -0.103. The van der Waals surface area contributed by atoms with Crippen molar-refractivity contribution in [2.24, 2.45) is 0 Å². The lowest BCUT2D eigenvalue weighted by Gasteiger charge is -2.34. The number of hydrogen-bond donors (Lipinski definition) is 1. The van der Waals surface area contributed by atoms with Crippen molar-refractivity contribution in [3.05, 3.63) is 0 Å². The lowest BCUT2D eigenvalue weighted by atomic mass is 10.0. The maximum atomic E-state index is 10.7. The Hall–Kier alpha value is -1.06. The summed E-state index contributed by atoms with van der Waals surface area (Å²) in [5, 5.41) is 8.79. The molecular weight excluding hydrogens is 158 g/mol. The molecule has 0 aliphatic heterocycles. The zero-order chi connectivity index (χ0) is 9.94. The van der Waals surface area contributed by atoms with Crippen LogP contribution in [0.15, 0.2) is 0 Å². The highest BCUT2D eigenvalue weighted by atomic mass is 16.4. The minimum atomic E-state index is -1.13. The van der Waals surface area contributed by atoms with E-state index in [0.29, 0.717) is 6.41 Å². The molecule has 4 heteroatoms. The van der Waals surface area contributed by atoms with Crippen molar-refractivity contribution in [2.75, 3.05) is 0 Å². The highest BCUT2D eigenvalue weighted by Gasteiger charge is 2.35. The van der Waals surface area contributed by atoms with Gasteiger partial charge in [0, 0.05) is 6.04 Å². The first-order valence-electron chi connectivity index (χ1n) is 3.81. The lowest BCUT2D eigenvalue weighted by Crippen LogP contribution is -2.52. The molecule has 0 aromatic carbocycles. The van der Waals surface area contributed by atoms with Crippen molar-refractivity contribution in [1.82, 2.24) is 4.90 Å². The number of carboxylic acids is 1. The van der Waals surface area contributed by atoms with E-state index in [1.54, 1.807) is 13.8 Å². The molecule has 0 fully saturated rings. The molecule has 0 saturated heterocycles. The van der Waals surface area contributed by atoms with E-state index in [0.717, 1.165) is 0 Å². The van der Waals surface area contributed by atoms with Crippen LogP contribution in [0.5, 0.6) is 0 Å². The van der Waals surface area contributed by atoms with E-state index in [1.807, 2.05) is 0 Å². The van der Waals surface area contributed by atoms with Gasteiger partial charge in [-0.1, -0.05) is 0 Å². The molecule has 0 unspecified atom stereocenters. The van der Waals surface area contributed by atoms with Crippen molar-refractivity contribution in [1.29, 1.82) is 0 Å². The predicted molar refractivity (Wildman–Crippen MR) is 44.8 cm³/mol. The topological polar surface area (TPSA) is 57.6 Å². The molecule has 0 radical (unpaired) electrons. The zero-order valence-electron chi connectivity index (χ0n) is 7.87. The van der Waals surface area contributed by atoms with E-state index in [9.17, 15) is 9.59 Å². The molecule has 0 heterocycles. The van der Waals surface area contributed by atoms with Gasteiger partial charge in [0.15, 0.2) is 0 Å². The Bertz CT molecular complexity index is 187. The first-order chi connectivity index (χ1) is 5.34. The molecule has 0 bridgehead atoms.